The monoisotopic (exact) mass is 377 g/mol. The number of carbonyl (C=O) groups is 1. The highest BCUT2D eigenvalue weighted by atomic mass is 16.5. The Morgan fingerprint density at radius 1 is 1.14 bits per heavy atom. The average molecular weight is 377 g/mol. The number of H-pyrrole nitrogens is 1. The van der Waals surface area contributed by atoms with E-state index in [1.54, 1.807) is 6.20 Å². The molecule has 7 heteroatoms. The minimum Gasteiger partial charge on any atom is -0.368 e. The summed E-state index contributed by atoms with van der Waals surface area (Å²) >= 11 is 0. The number of carbonyl (C=O) groups excluding carboxylic acids is 1. The number of nitrogens with one attached hydrogen (secondary N) is 1. The van der Waals surface area contributed by atoms with Crippen LogP contribution >= 0.6 is 0 Å². The number of anilines is 1. The van der Waals surface area contributed by atoms with Crippen LogP contribution in [-0.4, -0.2) is 58.5 Å². The molecule has 5 rings (SSSR count). The van der Waals surface area contributed by atoms with Crippen molar-refractivity contribution in [2.24, 2.45) is 0 Å². The van der Waals surface area contributed by atoms with Gasteiger partial charge in [0.15, 0.2) is 0 Å². The summed E-state index contributed by atoms with van der Waals surface area (Å²) in [6.07, 6.45) is 5.79. The summed E-state index contributed by atoms with van der Waals surface area (Å²) in [5, 5.41) is 0.953. The van der Waals surface area contributed by atoms with Crippen molar-refractivity contribution in [2.45, 2.75) is 18.9 Å². The van der Waals surface area contributed by atoms with Crippen molar-refractivity contribution in [3.8, 4) is 0 Å². The van der Waals surface area contributed by atoms with Gasteiger partial charge in [0.1, 0.15) is 6.10 Å². The van der Waals surface area contributed by atoms with Gasteiger partial charge in [-0.05, 0) is 37.1 Å². The first-order chi connectivity index (χ1) is 13.8. The third kappa shape index (κ3) is 3.11. The fraction of sp³-hybridized carbons (Fsp3) is 0.381. The van der Waals surface area contributed by atoms with Gasteiger partial charge in [-0.15, -0.1) is 0 Å². The summed E-state index contributed by atoms with van der Waals surface area (Å²) in [5.41, 5.74) is 2.54. The van der Waals surface area contributed by atoms with Gasteiger partial charge in [-0.2, -0.15) is 0 Å². The highest BCUT2D eigenvalue weighted by Crippen LogP contribution is 2.26. The third-order valence-corrected chi connectivity index (χ3v) is 5.56. The van der Waals surface area contributed by atoms with Gasteiger partial charge in [0.05, 0.1) is 18.8 Å². The van der Waals surface area contributed by atoms with Crippen LogP contribution in [-0.2, 0) is 4.74 Å². The maximum Gasteiger partial charge on any atom is 0.254 e. The van der Waals surface area contributed by atoms with Crippen molar-refractivity contribution in [2.75, 3.05) is 37.7 Å². The van der Waals surface area contributed by atoms with Crippen LogP contribution in [0.15, 0.2) is 42.7 Å². The Labute approximate surface area is 163 Å². The van der Waals surface area contributed by atoms with Gasteiger partial charge in [0.25, 0.3) is 5.91 Å². The summed E-state index contributed by atoms with van der Waals surface area (Å²) in [6, 6.07) is 9.63. The van der Waals surface area contributed by atoms with Gasteiger partial charge in [0.2, 0.25) is 5.95 Å². The average Bonchev–Trinajstić information content (AvgIpc) is 3.45. The number of aromatic nitrogens is 3. The Morgan fingerprint density at radius 2 is 2.04 bits per heavy atom. The summed E-state index contributed by atoms with van der Waals surface area (Å²) in [6.45, 7) is 3.58. The molecule has 3 aromatic rings. The standard InChI is InChI=1S/C21H23N5O2/c27-20(16-4-3-5-17-15(16)6-8-22-17)26-12-13-28-19(14-26)18-7-9-23-21(24-18)25-10-1-2-11-25/h3-9,19,22H,1-2,10-14H2/t19-/m1/s1. The van der Waals surface area contributed by atoms with E-state index in [0.29, 0.717) is 19.7 Å². The largest absolute Gasteiger partial charge is 0.368 e. The first-order valence-corrected chi connectivity index (χ1v) is 9.84. The second-order valence-electron chi connectivity index (χ2n) is 7.33. The maximum atomic E-state index is 13.2. The number of hydrogen-bond donors (Lipinski definition) is 1. The zero-order valence-corrected chi connectivity index (χ0v) is 15.7. The predicted molar refractivity (Wildman–Crippen MR) is 106 cm³/mol. The number of amides is 1. The molecular weight excluding hydrogens is 354 g/mol. The molecule has 1 amide bonds. The molecule has 4 heterocycles. The maximum absolute atomic E-state index is 13.2. The van der Waals surface area contributed by atoms with E-state index >= 15 is 0 Å². The van der Waals surface area contributed by atoms with E-state index in [9.17, 15) is 4.79 Å². The van der Waals surface area contributed by atoms with Gasteiger partial charge >= 0.3 is 0 Å². The van der Waals surface area contributed by atoms with Gasteiger partial charge in [-0.25, -0.2) is 9.97 Å². The van der Waals surface area contributed by atoms with Crippen molar-refractivity contribution in [1.29, 1.82) is 0 Å². The molecule has 28 heavy (non-hydrogen) atoms. The predicted octanol–water partition coefficient (Wildman–Crippen LogP) is 2.77. The molecule has 0 unspecified atom stereocenters. The smallest absolute Gasteiger partial charge is 0.254 e. The van der Waals surface area contributed by atoms with Crippen LogP contribution in [0.2, 0.25) is 0 Å². The quantitative estimate of drug-likeness (QED) is 0.760. The number of fused-ring (bicyclic) bond motifs is 1. The summed E-state index contributed by atoms with van der Waals surface area (Å²) in [7, 11) is 0. The first kappa shape index (κ1) is 17.2. The fourth-order valence-electron chi connectivity index (χ4n) is 4.07. The van der Waals surface area contributed by atoms with E-state index in [1.165, 1.54) is 12.8 Å². The molecule has 0 bridgehead atoms. The molecule has 0 saturated carbocycles. The van der Waals surface area contributed by atoms with E-state index in [-0.39, 0.29) is 12.0 Å². The van der Waals surface area contributed by atoms with Crippen LogP contribution in [0.4, 0.5) is 5.95 Å². The van der Waals surface area contributed by atoms with Crippen molar-refractivity contribution in [1.82, 2.24) is 19.9 Å². The SMILES string of the molecule is O=C(c1cccc2[nH]ccc12)N1CCO[C@@H](c2ccnc(N3CCCC3)n2)C1. The lowest BCUT2D eigenvalue weighted by Crippen LogP contribution is -2.42. The van der Waals surface area contributed by atoms with Crippen molar-refractivity contribution in [3.63, 3.8) is 0 Å². The van der Waals surface area contributed by atoms with Gasteiger partial charge in [0, 0.05) is 48.5 Å². The number of aromatic amines is 1. The molecular formula is C21H23N5O2. The van der Waals surface area contributed by atoms with Crippen LogP contribution < -0.4 is 4.90 Å². The van der Waals surface area contributed by atoms with Gasteiger partial charge in [-0.3, -0.25) is 4.79 Å². The topological polar surface area (TPSA) is 74.3 Å². The van der Waals surface area contributed by atoms with E-state index in [1.807, 2.05) is 41.4 Å². The van der Waals surface area contributed by atoms with Crippen LogP contribution in [0.3, 0.4) is 0 Å². The number of ether oxygens (including phenoxy) is 1. The fourth-order valence-corrected chi connectivity index (χ4v) is 4.07. The van der Waals surface area contributed by atoms with Crippen molar-refractivity contribution in [3.05, 3.63) is 54.0 Å². The second-order valence-corrected chi connectivity index (χ2v) is 7.33. The number of benzene rings is 1. The third-order valence-electron chi connectivity index (χ3n) is 5.56. The molecule has 144 valence electrons. The van der Waals surface area contributed by atoms with Gasteiger partial charge < -0.3 is 19.5 Å². The Balaban J connectivity index is 1.37. The number of morpholine rings is 1. The lowest BCUT2D eigenvalue weighted by molar-refractivity contribution is -0.0246. The number of hydrogen-bond acceptors (Lipinski definition) is 5. The zero-order chi connectivity index (χ0) is 18.9. The minimum absolute atomic E-state index is 0.0346. The molecule has 0 spiro atoms. The molecule has 2 aliphatic heterocycles. The molecule has 2 saturated heterocycles. The van der Waals surface area contributed by atoms with Crippen LogP contribution in [0.25, 0.3) is 10.9 Å². The van der Waals surface area contributed by atoms with Crippen LogP contribution in [0, 0.1) is 0 Å². The van der Waals surface area contributed by atoms with Crippen molar-refractivity contribution < 1.29 is 9.53 Å². The molecule has 2 aliphatic rings. The van der Waals surface area contributed by atoms with Crippen molar-refractivity contribution >= 4 is 22.8 Å². The van der Waals surface area contributed by atoms with Gasteiger partial charge in [-0.1, -0.05) is 6.07 Å². The summed E-state index contributed by atoms with van der Waals surface area (Å²) in [4.78, 5) is 29.6. The normalized spacial score (nSPS) is 20.1. The highest BCUT2D eigenvalue weighted by molar-refractivity contribution is 6.06. The molecule has 1 atom stereocenters. The number of nitrogens with zero attached hydrogens (tertiary/aromatic N) is 4. The Kier molecular flexibility index (Phi) is 4.44. The second kappa shape index (κ2) is 7.24. The Bertz CT molecular complexity index is 995. The molecule has 0 radical (unpaired) electrons. The Hall–Kier alpha value is -2.93. The molecule has 2 fully saturated rings. The molecule has 0 aliphatic carbocycles. The molecule has 7 nitrogen and oxygen atoms in total. The summed E-state index contributed by atoms with van der Waals surface area (Å²) in [5.74, 6) is 0.798. The summed E-state index contributed by atoms with van der Waals surface area (Å²) < 4.78 is 5.96. The van der Waals surface area contributed by atoms with E-state index in [2.05, 4.69) is 14.9 Å². The minimum atomic E-state index is -0.229. The Morgan fingerprint density at radius 3 is 2.93 bits per heavy atom. The van der Waals surface area contributed by atoms with E-state index < -0.39 is 0 Å². The highest BCUT2D eigenvalue weighted by Gasteiger charge is 2.28. The van der Waals surface area contributed by atoms with Crippen LogP contribution in [0.5, 0.6) is 0 Å². The van der Waals surface area contributed by atoms with Crippen LogP contribution in [0.1, 0.15) is 35.0 Å². The van der Waals surface area contributed by atoms with E-state index in [0.717, 1.165) is 41.2 Å². The molecule has 1 aromatic carbocycles. The lowest BCUT2D eigenvalue weighted by atomic mass is 10.1. The lowest BCUT2D eigenvalue weighted by Gasteiger charge is -2.33. The molecule has 1 N–H and O–H groups in total. The van der Waals surface area contributed by atoms with E-state index in [4.69, 9.17) is 9.72 Å². The molecule has 2 aromatic heterocycles. The zero-order valence-electron chi connectivity index (χ0n) is 15.7. The number of rotatable bonds is 3. The first-order valence-electron chi connectivity index (χ1n) is 9.84.